The molecule has 1 aromatic rings. The summed E-state index contributed by atoms with van der Waals surface area (Å²) in [5.41, 5.74) is 3.25. The van der Waals surface area contributed by atoms with Crippen LogP contribution in [-0.2, 0) is 0 Å². The fraction of sp³-hybridized carbons (Fsp3) is 0.611. The first kappa shape index (κ1) is 14.4. The fourth-order valence-corrected chi connectivity index (χ4v) is 3.98. The van der Waals surface area contributed by atoms with Gasteiger partial charge in [0.1, 0.15) is 0 Å². The zero-order valence-corrected chi connectivity index (χ0v) is 13.2. The van der Waals surface area contributed by atoms with Gasteiger partial charge in [-0.3, -0.25) is 0 Å². The van der Waals surface area contributed by atoms with Crippen LogP contribution in [-0.4, -0.2) is 24.0 Å². The summed E-state index contributed by atoms with van der Waals surface area (Å²) in [5, 5.41) is 3.13. The summed E-state index contributed by atoms with van der Waals surface area (Å²) in [5.74, 6) is 1.60. The topological polar surface area (TPSA) is 32.3 Å². The molecule has 114 valence electrons. The quantitative estimate of drug-likeness (QED) is 0.818. The Morgan fingerprint density at radius 1 is 1.10 bits per heavy atom. The fourth-order valence-electron chi connectivity index (χ4n) is 3.98. The number of carbonyl (C=O) groups excluding carboxylic acids is 1. The van der Waals surface area contributed by atoms with E-state index in [0.717, 1.165) is 41.7 Å². The number of nitrogens with zero attached hydrogens (tertiary/aromatic N) is 1. The lowest BCUT2D eigenvalue weighted by Crippen LogP contribution is -2.46. The van der Waals surface area contributed by atoms with E-state index in [1.54, 1.807) is 0 Å². The standard InChI is InChI=1S/C18H26N2O/c1-13-6-5-7-14(2)17(13)19-18(21)20-11-10-15-8-3-4-9-16(15)12-20/h5-7,15-16H,3-4,8-12H2,1-2H3,(H,19,21)/t15-,16+/m1/s1. The number of hydrogen-bond donors (Lipinski definition) is 1. The lowest BCUT2D eigenvalue weighted by atomic mass is 9.75. The maximum Gasteiger partial charge on any atom is 0.321 e. The number of aryl methyl sites for hydroxylation is 2. The molecule has 2 atom stereocenters. The number of nitrogens with one attached hydrogen (secondary N) is 1. The average Bonchev–Trinajstić information content (AvgIpc) is 2.50. The van der Waals surface area contributed by atoms with Crippen molar-refractivity contribution >= 4 is 11.7 Å². The highest BCUT2D eigenvalue weighted by Crippen LogP contribution is 2.36. The number of para-hydroxylation sites is 1. The summed E-state index contributed by atoms with van der Waals surface area (Å²) in [7, 11) is 0. The maximum atomic E-state index is 12.6. The van der Waals surface area contributed by atoms with Gasteiger partial charge in [-0.2, -0.15) is 0 Å². The molecular weight excluding hydrogens is 260 g/mol. The smallest absolute Gasteiger partial charge is 0.321 e. The van der Waals surface area contributed by atoms with Gasteiger partial charge in [0.2, 0.25) is 0 Å². The molecule has 2 aliphatic rings. The first-order valence-electron chi connectivity index (χ1n) is 8.27. The Hall–Kier alpha value is -1.51. The highest BCUT2D eigenvalue weighted by Gasteiger charge is 2.33. The zero-order chi connectivity index (χ0) is 14.8. The Kier molecular flexibility index (Phi) is 4.18. The molecule has 3 heteroatoms. The molecule has 2 fully saturated rings. The zero-order valence-electron chi connectivity index (χ0n) is 13.2. The number of carbonyl (C=O) groups is 1. The largest absolute Gasteiger partial charge is 0.324 e. The molecule has 0 aromatic heterocycles. The molecule has 1 heterocycles. The Balaban J connectivity index is 1.66. The van der Waals surface area contributed by atoms with Gasteiger partial charge >= 0.3 is 6.03 Å². The molecule has 3 nitrogen and oxygen atoms in total. The van der Waals surface area contributed by atoms with Gasteiger partial charge in [-0.25, -0.2) is 4.79 Å². The molecular formula is C18H26N2O. The molecule has 2 amide bonds. The number of urea groups is 1. The Morgan fingerprint density at radius 3 is 2.48 bits per heavy atom. The van der Waals surface area contributed by atoms with Gasteiger partial charge in [-0.05, 0) is 49.7 Å². The van der Waals surface area contributed by atoms with E-state index < -0.39 is 0 Å². The first-order valence-corrected chi connectivity index (χ1v) is 8.27. The number of benzene rings is 1. The molecule has 0 radical (unpaired) electrons. The van der Waals surface area contributed by atoms with Gasteiger partial charge in [-0.1, -0.05) is 37.5 Å². The van der Waals surface area contributed by atoms with Crippen LogP contribution in [0.15, 0.2) is 18.2 Å². The van der Waals surface area contributed by atoms with E-state index in [4.69, 9.17) is 0 Å². The summed E-state index contributed by atoms with van der Waals surface area (Å²) in [4.78, 5) is 14.6. The molecule has 1 aromatic carbocycles. The second kappa shape index (κ2) is 6.08. The minimum Gasteiger partial charge on any atom is -0.324 e. The molecule has 1 N–H and O–H groups in total. The molecule has 0 bridgehead atoms. The predicted octanol–water partition coefficient (Wildman–Crippen LogP) is 4.35. The van der Waals surface area contributed by atoms with Crippen LogP contribution in [0.1, 0.15) is 43.2 Å². The van der Waals surface area contributed by atoms with Crippen molar-refractivity contribution in [3.05, 3.63) is 29.3 Å². The van der Waals surface area contributed by atoms with Crippen molar-refractivity contribution in [2.24, 2.45) is 11.8 Å². The number of likely N-dealkylation sites (tertiary alicyclic amines) is 1. The molecule has 0 unspecified atom stereocenters. The lowest BCUT2D eigenvalue weighted by molar-refractivity contribution is 0.108. The van der Waals surface area contributed by atoms with Gasteiger partial charge in [0.25, 0.3) is 0 Å². The third-order valence-electron chi connectivity index (χ3n) is 5.29. The number of fused-ring (bicyclic) bond motifs is 1. The van der Waals surface area contributed by atoms with E-state index >= 15 is 0 Å². The van der Waals surface area contributed by atoms with Gasteiger partial charge < -0.3 is 10.2 Å². The van der Waals surface area contributed by atoms with Crippen LogP contribution in [0.3, 0.4) is 0 Å². The second-order valence-electron chi connectivity index (χ2n) is 6.74. The van der Waals surface area contributed by atoms with Crippen LogP contribution >= 0.6 is 0 Å². The Labute approximate surface area is 127 Å². The van der Waals surface area contributed by atoms with Crippen molar-refractivity contribution in [2.45, 2.75) is 46.0 Å². The van der Waals surface area contributed by atoms with Crippen molar-refractivity contribution in [3.8, 4) is 0 Å². The molecule has 21 heavy (non-hydrogen) atoms. The molecule has 1 saturated heterocycles. The van der Waals surface area contributed by atoms with Gasteiger partial charge in [0, 0.05) is 18.8 Å². The molecule has 1 aliphatic heterocycles. The number of rotatable bonds is 1. The molecule has 0 spiro atoms. The first-order chi connectivity index (χ1) is 10.1. The van der Waals surface area contributed by atoms with E-state index in [0.29, 0.717) is 0 Å². The van der Waals surface area contributed by atoms with Gasteiger partial charge in [-0.15, -0.1) is 0 Å². The number of anilines is 1. The van der Waals surface area contributed by atoms with Crippen LogP contribution in [0.4, 0.5) is 10.5 Å². The van der Waals surface area contributed by atoms with Crippen molar-refractivity contribution in [2.75, 3.05) is 18.4 Å². The van der Waals surface area contributed by atoms with Crippen LogP contribution in [0.2, 0.25) is 0 Å². The Morgan fingerprint density at radius 2 is 1.76 bits per heavy atom. The normalized spacial score (nSPS) is 25.3. The monoisotopic (exact) mass is 286 g/mol. The minimum absolute atomic E-state index is 0.0800. The predicted molar refractivity (Wildman–Crippen MR) is 86.6 cm³/mol. The number of piperidine rings is 1. The highest BCUT2D eigenvalue weighted by molar-refractivity contribution is 5.91. The lowest BCUT2D eigenvalue weighted by Gasteiger charge is -2.41. The summed E-state index contributed by atoms with van der Waals surface area (Å²) >= 11 is 0. The van der Waals surface area contributed by atoms with Crippen LogP contribution in [0.25, 0.3) is 0 Å². The molecule has 1 saturated carbocycles. The third kappa shape index (κ3) is 3.07. The molecule has 1 aliphatic carbocycles. The summed E-state index contributed by atoms with van der Waals surface area (Å²) in [6.45, 7) is 5.96. The van der Waals surface area contributed by atoms with Gasteiger partial charge in [0.15, 0.2) is 0 Å². The molecule has 3 rings (SSSR count). The SMILES string of the molecule is Cc1cccc(C)c1NC(=O)N1CC[C@H]2CCCC[C@H]2C1. The highest BCUT2D eigenvalue weighted by atomic mass is 16.2. The van der Waals surface area contributed by atoms with E-state index in [9.17, 15) is 4.79 Å². The van der Waals surface area contributed by atoms with E-state index in [1.165, 1.54) is 32.1 Å². The van der Waals surface area contributed by atoms with E-state index in [1.807, 2.05) is 11.0 Å². The van der Waals surface area contributed by atoms with Crippen molar-refractivity contribution in [1.82, 2.24) is 4.90 Å². The van der Waals surface area contributed by atoms with Crippen LogP contribution < -0.4 is 5.32 Å². The summed E-state index contributed by atoms with van der Waals surface area (Å²) in [6, 6.07) is 6.22. The summed E-state index contributed by atoms with van der Waals surface area (Å²) in [6.07, 6.45) is 6.59. The summed E-state index contributed by atoms with van der Waals surface area (Å²) < 4.78 is 0. The van der Waals surface area contributed by atoms with E-state index in [2.05, 4.69) is 31.3 Å². The number of amides is 2. The Bertz CT molecular complexity index is 506. The van der Waals surface area contributed by atoms with Crippen LogP contribution in [0, 0.1) is 25.7 Å². The maximum absolute atomic E-state index is 12.6. The van der Waals surface area contributed by atoms with Crippen molar-refractivity contribution in [1.29, 1.82) is 0 Å². The van der Waals surface area contributed by atoms with Crippen molar-refractivity contribution in [3.63, 3.8) is 0 Å². The van der Waals surface area contributed by atoms with Crippen LogP contribution in [0.5, 0.6) is 0 Å². The van der Waals surface area contributed by atoms with E-state index in [-0.39, 0.29) is 6.03 Å². The van der Waals surface area contributed by atoms with Gasteiger partial charge in [0.05, 0.1) is 0 Å². The second-order valence-corrected chi connectivity index (χ2v) is 6.74. The third-order valence-corrected chi connectivity index (χ3v) is 5.29. The number of hydrogen-bond acceptors (Lipinski definition) is 1. The average molecular weight is 286 g/mol. The van der Waals surface area contributed by atoms with Crippen molar-refractivity contribution < 1.29 is 4.79 Å². The minimum atomic E-state index is 0.0800.